The third kappa shape index (κ3) is 7.22. The maximum absolute atomic E-state index is 13.4. The molecule has 4 heterocycles. The van der Waals surface area contributed by atoms with Gasteiger partial charge < -0.3 is 25.2 Å². The number of nitrogens with zero attached hydrogens (tertiary/aromatic N) is 5. The molecule has 0 spiro atoms. The Labute approximate surface area is 319 Å². The minimum atomic E-state index is -1.00. The molecule has 15 heteroatoms. The van der Waals surface area contributed by atoms with E-state index in [9.17, 15) is 28.8 Å². The third-order valence-corrected chi connectivity index (χ3v) is 11.1. The number of amides is 6. The van der Waals surface area contributed by atoms with Crippen molar-refractivity contribution in [2.24, 2.45) is 0 Å². The maximum atomic E-state index is 13.4. The molecule has 2 atom stereocenters. The molecule has 4 aliphatic rings. The molecule has 2 unspecified atom stereocenters. The van der Waals surface area contributed by atoms with E-state index in [0.29, 0.717) is 60.0 Å². The number of benzene rings is 2. The Hall–Kier alpha value is -5.86. The minimum absolute atomic E-state index is 0.0508. The van der Waals surface area contributed by atoms with Gasteiger partial charge in [0.2, 0.25) is 23.7 Å². The first-order chi connectivity index (χ1) is 26.6. The highest BCUT2D eigenvalue weighted by molar-refractivity contribution is 6.24. The van der Waals surface area contributed by atoms with Crippen LogP contribution in [0.15, 0.2) is 42.6 Å². The Balaban J connectivity index is 0.932. The number of likely N-dealkylation sites (N-methyl/N-ethyl adjacent to an activating group) is 1. The van der Waals surface area contributed by atoms with Gasteiger partial charge in [-0.05, 0) is 74.8 Å². The van der Waals surface area contributed by atoms with Crippen LogP contribution in [-0.4, -0.2) is 89.1 Å². The largest absolute Gasteiger partial charge is 0.495 e. The molecule has 55 heavy (non-hydrogen) atoms. The monoisotopic (exact) mass is 750 g/mol. The Morgan fingerprint density at radius 2 is 1.80 bits per heavy atom. The van der Waals surface area contributed by atoms with E-state index < -0.39 is 29.7 Å². The summed E-state index contributed by atoms with van der Waals surface area (Å²) in [5.41, 5.74) is 3.01. The SMILES string of the molecule is CCC1C(=O)N(C)c2cnc(Nc3ccc(C(=O)NCCCCCc4cccc5c4C(=O)N(C4CCC(=O)NC4=O)C5=O)cc3OC)nc2N1C1CCCC1. The summed E-state index contributed by atoms with van der Waals surface area (Å²) in [6, 6.07) is 9.22. The summed E-state index contributed by atoms with van der Waals surface area (Å²) < 4.78 is 5.64. The second-order valence-electron chi connectivity index (χ2n) is 14.5. The lowest BCUT2D eigenvalue weighted by atomic mass is 9.98. The Morgan fingerprint density at radius 1 is 1.00 bits per heavy atom. The quantitative estimate of drug-likeness (QED) is 0.168. The molecule has 3 N–H and O–H groups in total. The number of anilines is 4. The molecule has 0 bridgehead atoms. The van der Waals surface area contributed by atoms with Gasteiger partial charge in [-0.25, -0.2) is 4.98 Å². The van der Waals surface area contributed by atoms with Crippen LogP contribution < -0.4 is 30.5 Å². The number of aromatic nitrogens is 2. The van der Waals surface area contributed by atoms with E-state index in [1.807, 2.05) is 13.0 Å². The second-order valence-corrected chi connectivity index (χ2v) is 14.5. The molecule has 1 saturated carbocycles. The summed E-state index contributed by atoms with van der Waals surface area (Å²) in [5, 5.41) is 8.43. The van der Waals surface area contributed by atoms with Gasteiger partial charge in [0.05, 0.1) is 30.1 Å². The topological polar surface area (TPSA) is 183 Å². The molecule has 1 aliphatic carbocycles. The molecule has 2 fully saturated rings. The molecule has 6 amide bonds. The summed E-state index contributed by atoms with van der Waals surface area (Å²) in [5.74, 6) is -0.736. The molecule has 15 nitrogen and oxygen atoms in total. The number of unbranched alkanes of at least 4 members (excludes halogenated alkanes) is 2. The lowest BCUT2D eigenvalue weighted by molar-refractivity contribution is -0.136. The van der Waals surface area contributed by atoms with Crippen molar-refractivity contribution < 1.29 is 33.5 Å². The van der Waals surface area contributed by atoms with Crippen LogP contribution >= 0.6 is 0 Å². The predicted octanol–water partition coefficient (Wildman–Crippen LogP) is 4.28. The van der Waals surface area contributed by atoms with E-state index in [2.05, 4.69) is 25.8 Å². The molecule has 3 aromatic rings. The van der Waals surface area contributed by atoms with Crippen LogP contribution in [0.25, 0.3) is 0 Å². The van der Waals surface area contributed by atoms with Gasteiger partial charge >= 0.3 is 0 Å². The molecule has 0 radical (unpaired) electrons. The van der Waals surface area contributed by atoms with E-state index >= 15 is 0 Å². The van der Waals surface area contributed by atoms with Crippen LogP contribution in [0.5, 0.6) is 5.75 Å². The zero-order chi connectivity index (χ0) is 38.8. The highest BCUT2D eigenvalue weighted by Crippen LogP contribution is 2.40. The van der Waals surface area contributed by atoms with E-state index in [1.54, 1.807) is 48.5 Å². The van der Waals surface area contributed by atoms with Crippen molar-refractivity contribution in [1.29, 1.82) is 0 Å². The van der Waals surface area contributed by atoms with E-state index in [1.165, 1.54) is 7.11 Å². The highest BCUT2D eigenvalue weighted by Gasteiger charge is 2.45. The summed E-state index contributed by atoms with van der Waals surface area (Å²) in [6.45, 7) is 2.46. The van der Waals surface area contributed by atoms with Crippen molar-refractivity contribution in [3.63, 3.8) is 0 Å². The van der Waals surface area contributed by atoms with Crippen molar-refractivity contribution in [2.75, 3.05) is 35.8 Å². The van der Waals surface area contributed by atoms with Crippen molar-refractivity contribution in [1.82, 2.24) is 25.5 Å². The lowest BCUT2D eigenvalue weighted by Gasteiger charge is -2.43. The van der Waals surface area contributed by atoms with E-state index in [4.69, 9.17) is 9.72 Å². The normalized spacial score (nSPS) is 19.8. The summed E-state index contributed by atoms with van der Waals surface area (Å²) >= 11 is 0. The lowest BCUT2D eigenvalue weighted by Crippen LogP contribution is -2.55. The number of ether oxygens (including phenoxy) is 1. The van der Waals surface area contributed by atoms with Gasteiger partial charge in [0.25, 0.3) is 17.7 Å². The van der Waals surface area contributed by atoms with Gasteiger partial charge in [0.1, 0.15) is 23.5 Å². The van der Waals surface area contributed by atoms with Crippen LogP contribution in [0, 0.1) is 0 Å². The smallest absolute Gasteiger partial charge is 0.262 e. The van der Waals surface area contributed by atoms with Gasteiger partial charge in [0, 0.05) is 31.6 Å². The minimum Gasteiger partial charge on any atom is -0.495 e. The number of rotatable bonds is 13. The van der Waals surface area contributed by atoms with E-state index in [0.717, 1.165) is 54.8 Å². The van der Waals surface area contributed by atoms with Crippen molar-refractivity contribution in [2.45, 2.75) is 95.7 Å². The average Bonchev–Trinajstić information content (AvgIpc) is 3.81. The number of nitrogens with one attached hydrogen (secondary N) is 3. The van der Waals surface area contributed by atoms with Gasteiger partial charge in [-0.1, -0.05) is 38.3 Å². The predicted molar refractivity (Wildman–Crippen MR) is 204 cm³/mol. The number of piperidine rings is 1. The summed E-state index contributed by atoms with van der Waals surface area (Å²) in [4.78, 5) is 91.1. The molecule has 2 aromatic carbocycles. The fourth-order valence-corrected chi connectivity index (χ4v) is 8.21. The Kier molecular flexibility index (Phi) is 10.8. The first-order valence-corrected chi connectivity index (χ1v) is 19.1. The average molecular weight is 751 g/mol. The van der Waals surface area contributed by atoms with E-state index in [-0.39, 0.29) is 42.3 Å². The molecule has 288 valence electrons. The number of aryl methyl sites for hydroxylation is 1. The van der Waals surface area contributed by atoms with Gasteiger partial charge in [-0.2, -0.15) is 4.98 Å². The first kappa shape index (κ1) is 37.5. The van der Waals surface area contributed by atoms with Crippen LogP contribution in [0.4, 0.5) is 23.1 Å². The molecule has 1 saturated heterocycles. The van der Waals surface area contributed by atoms with Gasteiger partial charge in [-0.15, -0.1) is 0 Å². The Bertz CT molecular complexity index is 2050. The molecule has 3 aliphatic heterocycles. The van der Waals surface area contributed by atoms with Crippen molar-refractivity contribution in [3.05, 3.63) is 64.8 Å². The maximum Gasteiger partial charge on any atom is 0.262 e. The number of methoxy groups -OCH3 is 1. The number of hydrogen-bond donors (Lipinski definition) is 3. The molecular formula is C40H46N8O7. The number of carbonyl (C=O) groups excluding carboxylic acids is 6. The summed E-state index contributed by atoms with van der Waals surface area (Å²) in [6.07, 6.45) is 9.55. The van der Waals surface area contributed by atoms with Gasteiger partial charge in [-0.3, -0.25) is 39.0 Å². The summed E-state index contributed by atoms with van der Waals surface area (Å²) in [7, 11) is 3.30. The van der Waals surface area contributed by atoms with Crippen LogP contribution in [0.1, 0.15) is 108 Å². The molecule has 1 aromatic heterocycles. The number of fused-ring (bicyclic) bond motifs is 2. The second kappa shape index (κ2) is 15.9. The number of imide groups is 2. The highest BCUT2D eigenvalue weighted by atomic mass is 16.5. The fourth-order valence-electron chi connectivity index (χ4n) is 8.21. The van der Waals surface area contributed by atoms with Crippen LogP contribution in [-0.2, 0) is 20.8 Å². The molecular weight excluding hydrogens is 704 g/mol. The number of hydrogen-bond acceptors (Lipinski definition) is 11. The van der Waals surface area contributed by atoms with Crippen molar-refractivity contribution >= 4 is 58.6 Å². The standard InChI is InChI=1S/C40H46N8O7/c1-4-28-38(53)46(2)30-22-42-40(45-34(30)47(28)25-13-7-8-14-25)43-27-17-16-24(21-31(27)55-3)35(50)41-20-9-5-6-11-23-12-10-15-26-33(23)39(54)48(37(26)52)29-18-19-32(49)44-36(29)51/h10,12,15-17,21-22,25,28-29H,4-9,11,13-14,18-20H2,1-3H3,(H,41,50)(H,42,43,45)(H,44,49,51). The van der Waals surface area contributed by atoms with Crippen LogP contribution in [0.3, 0.4) is 0 Å². The number of carbonyl (C=O) groups is 6. The Morgan fingerprint density at radius 3 is 2.55 bits per heavy atom. The molecule has 7 rings (SSSR count). The first-order valence-electron chi connectivity index (χ1n) is 19.1. The fraction of sp³-hybridized carbons (Fsp3) is 0.450. The van der Waals surface area contributed by atoms with Gasteiger partial charge in [0.15, 0.2) is 5.82 Å². The van der Waals surface area contributed by atoms with Crippen molar-refractivity contribution in [3.8, 4) is 5.75 Å². The zero-order valence-corrected chi connectivity index (χ0v) is 31.4. The third-order valence-electron chi connectivity index (χ3n) is 11.1. The van der Waals surface area contributed by atoms with Crippen LogP contribution in [0.2, 0.25) is 0 Å². The zero-order valence-electron chi connectivity index (χ0n) is 31.4.